The van der Waals surface area contributed by atoms with E-state index >= 15 is 0 Å². The Kier molecular flexibility index (Phi) is 3.43. The molecule has 0 radical (unpaired) electrons. The van der Waals surface area contributed by atoms with E-state index in [1.807, 2.05) is 6.07 Å². The molecule has 1 aromatic rings. The summed E-state index contributed by atoms with van der Waals surface area (Å²) < 4.78 is 4.71. The highest BCUT2D eigenvalue weighted by Gasteiger charge is 2.10. The third-order valence-electron chi connectivity index (χ3n) is 1.46. The number of halogens is 1. The average molecular weight is 211 g/mol. The molecule has 0 aliphatic carbocycles. The summed E-state index contributed by atoms with van der Waals surface area (Å²) >= 11 is 5.64. The molecule has 0 N–H and O–H groups in total. The Bertz CT molecular complexity index is 398. The van der Waals surface area contributed by atoms with Crippen LogP contribution < -0.4 is 0 Å². The summed E-state index contributed by atoms with van der Waals surface area (Å²) in [5, 5.41) is 8.86. The molecule has 0 fully saturated rings. The Morgan fingerprint density at radius 1 is 1.79 bits per heavy atom. The Morgan fingerprint density at radius 2 is 2.50 bits per heavy atom. The second kappa shape index (κ2) is 4.58. The first-order valence-electron chi connectivity index (χ1n) is 3.91. The van der Waals surface area contributed by atoms with Gasteiger partial charge in [-0.25, -0.2) is 9.78 Å². The van der Waals surface area contributed by atoms with Gasteiger partial charge in [-0.2, -0.15) is 5.26 Å². The van der Waals surface area contributed by atoms with Gasteiger partial charge in [-0.1, -0.05) is 11.6 Å². The van der Waals surface area contributed by atoms with E-state index in [4.69, 9.17) is 21.6 Å². The summed E-state index contributed by atoms with van der Waals surface area (Å²) in [6.07, 6.45) is 1.26. The normalized spacial score (nSPS) is 9.21. The van der Waals surface area contributed by atoms with E-state index in [-0.39, 0.29) is 22.9 Å². The number of pyridine rings is 1. The Morgan fingerprint density at radius 3 is 3.07 bits per heavy atom. The number of nitrogens with zero attached hydrogens (tertiary/aromatic N) is 2. The summed E-state index contributed by atoms with van der Waals surface area (Å²) in [6.45, 7) is 1.96. The Hall–Kier alpha value is -1.60. The van der Waals surface area contributed by atoms with Crippen molar-refractivity contribution in [2.24, 2.45) is 0 Å². The highest BCUT2D eigenvalue weighted by atomic mass is 35.5. The van der Waals surface area contributed by atoms with Crippen molar-refractivity contribution in [1.82, 2.24) is 4.98 Å². The Labute approximate surface area is 86.1 Å². The van der Waals surface area contributed by atoms with Crippen molar-refractivity contribution < 1.29 is 9.53 Å². The molecule has 1 heterocycles. The van der Waals surface area contributed by atoms with Gasteiger partial charge in [0.15, 0.2) is 0 Å². The van der Waals surface area contributed by atoms with Gasteiger partial charge in [-0.3, -0.25) is 0 Å². The van der Waals surface area contributed by atoms with Crippen LogP contribution >= 0.6 is 11.6 Å². The number of hydrogen-bond donors (Lipinski definition) is 0. The quantitative estimate of drug-likeness (QED) is 0.698. The fraction of sp³-hybridized carbons (Fsp3) is 0.222. The van der Waals surface area contributed by atoms with Gasteiger partial charge >= 0.3 is 5.97 Å². The van der Waals surface area contributed by atoms with Crippen molar-refractivity contribution in [2.75, 3.05) is 6.61 Å². The maximum atomic E-state index is 11.2. The fourth-order valence-corrected chi connectivity index (χ4v) is 0.987. The molecule has 0 saturated carbocycles. The maximum Gasteiger partial charge on any atom is 0.356 e. The maximum absolute atomic E-state index is 11.2. The molecule has 1 aromatic heterocycles. The lowest BCUT2D eigenvalue weighted by Crippen LogP contribution is -2.07. The van der Waals surface area contributed by atoms with Crippen LogP contribution in [0.2, 0.25) is 5.02 Å². The van der Waals surface area contributed by atoms with Crippen LogP contribution in [0.5, 0.6) is 0 Å². The summed E-state index contributed by atoms with van der Waals surface area (Å²) in [5.74, 6) is -0.555. The molecule has 72 valence electrons. The van der Waals surface area contributed by atoms with Gasteiger partial charge in [0.2, 0.25) is 0 Å². The van der Waals surface area contributed by atoms with Gasteiger partial charge in [0.1, 0.15) is 11.8 Å². The topological polar surface area (TPSA) is 63.0 Å². The van der Waals surface area contributed by atoms with E-state index in [1.165, 1.54) is 12.3 Å². The van der Waals surface area contributed by atoms with Crippen molar-refractivity contribution in [3.8, 4) is 6.07 Å². The highest BCUT2D eigenvalue weighted by molar-refractivity contribution is 6.31. The minimum atomic E-state index is -0.555. The predicted molar refractivity (Wildman–Crippen MR) is 49.9 cm³/mol. The molecule has 0 aromatic carbocycles. The first kappa shape index (κ1) is 10.5. The van der Waals surface area contributed by atoms with E-state index in [1.54, 1.807) is 6.92 Å². The molecule has 0 aliphatic rings. The van der Waals surface area contributed by atoms with Crippen LogP contribution in [0.4, 0.5) is 0 Å². The van der Waals surface area contributed by atoms with Crippen molar-refractivity contribution in [3.63, 3.8) is 0 Å². The van der Waals surface area contributed by atoms with E-state index in [0.717, 1.165) is 0 Å². The number of aromatic nitrogens is 1. The van der Waals surface area contributed by atoms with Crippen molar-refractivity contribution in [2.45, 2.75) is 6.92 Å². The van der Waals surface area contributed by atoms with Gasteiger partial charge < -0.3 is 4.74 Å². The second-order valence-corrected chi connectivity index (χ2v) is 2.79. The molecule has 0 atom stereocenters. The fourth-order valence-electron chi connectivity index (χ4n) is 0.841. The largest absolute Gasteiger partial charge is 0.461 e. The van der Waals surface area contributed by atoms with Crippen LogP contribution in [0, 0.1) is 11.3 Å². The van der Waals surface area contributed by atoms with Gasteiger partial charge in [0, 0.05) is 6.20 Å². The number of esters is 1. The van der Waals surface area contributed by atoms with Crippen LogP contribution in [0.25, 0.3) is 0 Å². The number of ether oxygens (including phenoxy) is 1. The van der Waals surface area contributed by atoms with Crippen molar-refractivity contribution in [3.05, 3.63) is 28.5 Å². The van der Waals surface area contributed by atoms with Crippen LogP contribution in [0.3, 0.4) is 0 Å². The lowest BCUT2D eigenvalue weighted by Gasteiger charge is -2.01. The molecule has 0 bridgehead atoms. The molecule has 4 nitrogen and oxygen atoms in total. The standard InChI is InChI=1S/C9H7ClN2O2/c1-2-14-9(13)8-3-6(4-11)7(10)5-12-8/h3,5H,2H2,1H3. The predicted octanol–water partition coefficient (Wildman–Crippen LogP) is 1.78. The first-order chi connectivity index (χ1) is 6.69. The first-order valence-corrected chi connectivity index (χ1v) is 4.29. The van der Waals surface area contributed by atoms with Crippen LogP contribution in [-0.4, -0.2) is 17.6 Å². The summed E-state index contributed by atoms with van der Waals surface area (Å²) in [5.41, 5.74) is 0.303. The Balaban J connectivity index is 3.02. The molecule has 0 aliphatic heterocycles. The van der Waals surface area contributed by atoms with Gasteiger partial charge in [-0.15, -0.1) is 0 Å². The zero-order valence-corrected chi connectivity index (χ0v) is 8.21. The van der Waals surface area contributed by atoms with Gasteiger partial charge in [0.25, 0.3) is 0 Å². The third-order valence-corrected chi connectivity index (χ3v) is 1.76. The van der Waals surface area contributed by atoms with Crippen molar-refractivity contribution >= 4 is 17.6 Å². The molecule has 0 unspecified atom stereocenters. The third kappa shape index (κ3) is 2.21. The minimum absolute atomic E-state index is 0.0906. The molecular weight excluding hydrogens is 204 g/mol. The lowest BCUT2D eigenvalue weighted by atomic mass is 10.2. The summed E-state index contributed by atoms with van der Waals surface area (Å²) in [7, 11) is 0. The molecule has 0 spiro atoms. The molecule has 14 heavy (non-hydrogen) atoms. The number of rotatable bonds is 2. The lowest BCUT2D eigenvalue weighted by molar-refractivity contribution is 0.0519. The van der Waals surface area contributed by atoms with E-state index in [2.05, 4.69) is 4.98 Å². The van der Waals surface area contributed by atoms with E-state index in [9.17, 15) is 4.79 Å². The van der Waals surface area contributed by atoms with Crippen LogP contribution in [-0.2, 0) is 4.74 Å². The van der Waals surface area contributed by atoms with Crippen LogP contribution in [0.1, 0.15) is 23.0 Å². The van der Waals surface area contributed by atoms with Gasteiger partial charge in [-0.05, 0) is 13.0 Å². The molecule has 0 saturated heterocycles. The molecule has 1 rings (SSSR count). The van der Waals surface area contributed by atoms with Gasteiger partial charge in [0.05, 0.1) is 17.2 Å². The number of nitriles is 1. The van der Waals surface area contributed by atoms with Crippen molar-refractivity contribution in [1.29, 1.82) is 5.26 Å². The smallest absolute Gasteiger partial charge is 0.356 e. The number of hydrogen-bond acceptors (Lipinski definition) is 4. The molecule has 0 amide bonds. The summed E-state index contributed by atoms with van der Waals surface area (Å²) in [6, 6.07) is 3.16. The second-order valence-electron chi connectivity index (χ2n) is 2.38. The average Bonchev–Trinajstić information content (AvgIpc) is 2.19. The van der Waals surface area contributed by atoms with E-state index in [0.29, 0.717) is 0 Å². The summed E-state index contributed by atoms with van der Waals surface area (Å²) in [4.78, 5) is 14.9. The zero-order valence-electron chi connectivity index (χ0n) is 7.45. The molecule has 5 heteroatoms. The molecular formula is C9H7ClN2O2. The highest BCUT2D eigenvalue weighted by Crippen LogP contribution is 2.14. The van der Waals surface area contributed by atoms with E-state index < -0.39 is 5.97 Å². The SMILES string of the molecule is CCOC(=O)c1cc(C#N)c(Cl)cn1. The van der Waals surface area contributed by atoms with Crippen LogP contribution in [0.15, 0.2) is 12.3 Å². The number of carbonyl (C=O) groups is 1. The minimum Gasteiger partial charge on any atom is -0.461 e. The zero-order chi connectivity index (χ0) is 10.6. The monoisotopic (exact) mass is 210 g/mol. The number of carbonyl (C=O) groups excluding carboxylic acids is 1.